The smallest absolute Gasteiger partial charge is 0.339 e. The lowest BCUT2D eigenvalue weighted by atomic mass is 10.1. The van der Waals surface area contributed by atoms with Gasteiger partial charge in [0.15, 0.2) is 5.82 Å². The molecule has 3 nitrogen and oxygen atoms in total. The maximum absolute atomic E-state index is 13.3. The molecule has 5 heteroatoms. The Balaban J connectivity index is 3.33. The molecule has 0 radical (unpaired) electrons. The van der Waals surface area contributed by atoms with Crippen LogP contribution in [0.1, 0.15) is 15.9 Å². The van der Waals surface area contributed by atoms with Crippen molar-refractivity contribution < 1.29 is 13.9 Å². The molecule has 0 aromatic heterocycles. The molecule has 0 amide bonds. The maximum Gasteiger partial charge on any atom is 0.339 e. The normalized spacial score (nSPS) is 9.29. The molecular formula is C9H5BrFNO2. The highest BCUT2D eigenvalue weighted by Crippen LogP contribution is 2.23. The second-order valence-corrected chi connectivity index (χ2v) is 3.19. The summed E-state index contributed by atoms with van der Waals surface area (Å²) in [6.07, 6.45) is 0. The highest BCUT2D eigenvalue weighted by molar-refractivity contribution is 9.10. The molecule has 0 fully saturated rings. The van der Waals surface area contributed by atoms with Gasteiger partial charge in [0.25, 0.3) is 0 Å². The molecule has 0 N–H and O–H groups in total. The molecule has 0 atom stereocenters. The third kappa shape index (κ3) is 1.75. The van der Waals surface area contributed by atoms with Gasteiger partial charge in [-0.1, -0.05) is 0 Å². The molecular weight excluding hydrogens is 253 g/mol. The number of rotatable bonds is 1. The fourth-order valence-corrected chi connectivity index (χ4v) is 1.41. The fourth-order valence-electron chi connectivity index (χ4n) is 0.903. The second-order valence-electron chi connectivity index (χ2n) is 2.39. The van der Waals surface area contributed by atoms with Crippen molar-refractivity contribution in [2.45, 2.75) is 0 Å². The van der Waals surface area contributed by atoms with Crippen molar-refractivity contribution in [2.24, 2.45) is 0 Å². The van der Waals surface area contributed by atoms with Gasteiger partial charge >= 0.3 is 5.97 Å². The van der Waals surface area contributed by atoms with E-state index in [1.807, 2.05) is 0 Å². The van der Waals surface area contributed by atoms with E-state index in [2.05, 4.69) is 20.7 Å². The fraction of sp³-hybridized carbons (Fsp3) is 0.111. The third-order valence-electron chi connectivity index (χ3n) is 1.61. The standard InChI is InChI=1S/C9H5BrFNO2/c1-14-9(13)6-3-2-5(4-12)8(11)7(6)10/h2-3H,1H3. The molecule has 1 rings (SSSR count). The molecule has 0 bridgehead atoms. The van der Waals surface area contributed by atoms with Gasteiger partial charge in [-0.3, -0.25) is 0 Å². The molecule has 72 valence electrons. The minimum Gasteiger partial charge on any atom is -0.465 e. The quantitative estimate of drug-likeness (QED) is 0.726. The Morgan fingerprint density at radius 3 is 2.79 bits per heavy atom. The lowest BCUT2D eigenvalue weighted by Crippen LogP contribution is -2.04. The van der Waals surface area contributed by atoms with Crippen molar-refractivity contribution in [3.8, 4) is 6.07 Å². The lowest BCUT2D eigenvalue weighted by Gasteiger charge is -2.03. The molecule has 0 aliphatic rings. The highest BCUT2D eigenvalue weighted by Gasteiger charge is 2.16. The number of hydrogen-bond donors (Lipinski definition) is 0. The van der Waals surface area contributed by atoms with Crippen molar-refractivity contribution in [1.82, 2.24) is 0 Å². The van der Waals surface area contributed by atoms with E-state index in [1.165, 1.54) is 19.2 Å². The van der Waals surface area contributed by atoms with Gasteiger partial charge in [0.2, 0.25) is 0 Å². The zero-order chi connectivity index (χ0) is 10.7. The first-order valence-electron chi connectivity index (χ1n) is 3.58. The van der Waals surface area contributed by atoms with Crippen molar-refractivity contribution in [3.05, 3.63) is 33.5 Å². The average Bonchev–Trinajstić information content (AvgIpc) is 2.21. The Morgan fingerprint density at radius 1 is 1.64 bits per heavy atom. The van der Waals surface area contributed by atoms with Crippen LogP contribution in [0.15, 0.2) is 16.6 Å². The van der Waals surface area contributed by atoms with E-state index in [4.69, 9.17) is 5.26 Å². The number of nitrogens with zero attached hydrogens (tertiary/aromatic N) is 1. The highest BCUT2D eigenvalue weighted by atomic mass is 79.9. The number of benzene rings is 1. The first-order chi connectivity index (χ1) is 6.61. The monoisotopic (exact) mass is 257 g/mol. The first-order valence-corrected chi connectivity index (χ1v) is 4.37. The number of hydrogen-bond acceptors (Lipinski definition) is 3. The number of halogens is 2. The first kappa shape index (κ1) is 10.7. The van der Waals surface area contributed by atoms with Crippen LogP contribution in [0.4, 0.5) is 4.39 Å². The van der Waals surface area contributed by atoms with Crippen molar-refractivity contribution >= 4 is 21.9 Å². The van der Waals surface area contributed by atoms with Crippen LogP contribution in [0.2, 0.25) is 0 Å². The number of nitriles is 1. The van der Waals surface area contributed by atoms with Gasteiger partial charge in [0.05, 0.1) is 22.7 Å². The third-order valence-corrected chi connectivity index (χ3v) is 2.38. The average molecular weight is 258 g/mol. The summed E-state index contributed by atoms with van der Waals surface area (Å²) >= 11 is 2.89. The largest absolute Gasteiger partial charge is 0.465 e. The molecule has 0 unspecified atom stereocenters. The summed E-state index contributed by atoms with van der Waals surface area (Å²) in [5, 5.41) is 8.50. The molecule has 1 aromatic carbocycles. The van der Waals surface area contributed by atoms with Crippen molar-refractivity contribution in [1.29, 1.82) is 5.26 Å². The zero-order valence-corrected chi connectivity index (χ0v) is 8.76. The number of ether oxygens (including phenoxy) is 1. The van der Waals surface area contributed by atoms with Gasteiger partial charge in [-0.25, -0.2) is 9.18 Å². The summed E-state index contributed by atoms with van der Waals surface area (Å²) in [6.45, 7) is 0. The van der Waals surface area contributed by atoms with Crippen LogP contribution < -0.4 is 0 Å². The molecule has 0 saturated carbocycles. The van der Waals surface area contributed by atoms with Gasteiger partial charge in [-0.15, -0.1) is 0 Å². The Labute approximate surface area is 88.2 Å². The number of carbonyl (C=O) groups excluding carboxylic acids is 1. The molecule has 0 aliphatic heterocycles. The maximum atomic E-state index is 13.3. The van der Waals surface area contributed by atoms with Crippen LogP contribution in [-0.4, -0.2) is 13.1 Å². The predicted octanol–water partition coefficient (Wildman–Crippen LogP) is 2.25. The summed E-state index contributed by atoms with van der Waals surface area (Å²) < 4.78 is 17.7. The minimum absolute atomic E-state index is 0.0524. The van der Waals surface area contributed by atoms with E-state index in [-0.39, 0.29) is 15.6 Å². The molecule has 0 aliphatic carbocycles. The van der Waals surface area contributed by atoms with Crippen LogP contribution in [0.5, 0.6) is 0 Å². The minimum atomic E-state index is -0.754. The SMILES string of the molecule is COC(=O)c1ccc(C#N)c(F)c1Br. The van der Waals surface area contributed by atoms with E-state index in [0.717, 1.165) is 0 Å². The Morgan fingerprint density at radius 2 is 2.29 bits per heavy atom. The van der Waals surface area contributed by atoms with E-state index in [0.29, 0.717) is 0 Å². The van der Waals surface area contributed by atoms with Crippen LogP contribution in [0, 0.1) is 17.1 Å². The van der Waals surface area contributed by atoms with Gasteiger partial charge in [0.1, 0.15) is 6.07 Å². The van der Waals surface area contributed by atoms with E-state index >= 15 is 0 Å². The van der Waals surface area contributed by atoms with Crippen LogP contribution in [-0.2, 0) is 4.74 Å². The van der Waals surface area contributed by atoms with Gasteiger partial charge in [0, 0.05) is 0 Å². The van der Waals surface area contributed by atoms with Crippen LogP contribution in [0.3, 0.4) is 0 Å². The lowest BCUT2D eigenvalue weighted by molar-refractivity contribution is 0.0599. The number of esters is 1. The number of carbonyl (C=O) groups is 1. The summed E-state index contributed by atoms with van der Waals surface area (Å²) in [5.41, 5.74) is -0.0615. The van der Waals surface area contributed by atoms with Gasteiger partial charge in [-0.2, -0.15) is 5.26 Å². The topological polar surface area (TPSA) is 50.1 Å². The molecule has 0 spiro atoms. The number of methoxy groups -OCH3 is 1. The van der Waals surface area contributed by atoms with E-state index < -0.39 is 11.8 Å². The zero-order valence-electron chi connectivity index (χ0n) is 7.17. The summed E-state index contributed by atoms with van der Waals surface area (Å²) in [5.74, 6) is -1.41. The predicted molar refractivity (Wildman–Crippen MR) is 50.2 cm³/mol. The van der Waals surface area contributed by atoms with Gasteiger partial charge < -0.3 is 4.74 Å². The van der Waals surface area contributed by atoms with E-state index in [9.17, 15) is 9.18 Å². The second kappa shape index (κ2) is 4.20. The summed E-state index contributed by atoms with van der Waals surface area (Å²) in [7, 11) is 1.20. The van der Waals surface area contributed by atoms with E-state index in [1.54, 1.807) is 6.07 Å². The Hall–Kier alpha value is -1.41. The van der Waals surface area contributed by atoms with Crippen LogP contribution in [0.25, 0.3) is 0 Å². The van der Waals surface area contributed by atoms with Gasteiger partial charge in [-0.05, 0) is 28.1 Å². The van der Waals surface area contributed by atoms with Crippen LogP contribution >= 0.6 is 15.9 Å². The summed E-state index contributed by atoms with van der Waals surface area (Å²) in [4.78, 5) is 11.1. The molecule has 14 heavy (non-hydrogen) atoms. The molecule has 0 heterocycles. The Bertz CT molecular complexity index is 426. The Kier molecular flexibility index (Phi) is 3.20. The van der Waals surface area contributed by atoms with Crippen molar-refractivity contribution in [3.63, 3.8) is 0 Å². The summed E-state index contributed by atoms with van der Waals surface area (Å²) in [6, 6.07) is 4.22. The van der Waals surface area contributed by atoms with Crippen molar-refractivity contribution in [2.75, 3.05) is 7.11 Å². The molecule has 0 saturated heterocycles. The molecule has 1 aromatic rings.